The lowest BCUT2D eigenvalue weighted by atomic mass is 10.00. The Hall–Kier alpha value is -1.26. The number of rotatable bonds is 3. The molecule has 5 nitrogen and oxygen atoms in total. The highest BCUT2D eigenvalue weighted by Crippen LogP contribution is 2.67. The van der Waals surface area contributed by atoms with Crippen molar-refractivity contribution in [2.75, 3.05) is 13.1 Å². The first-order valence-electron chi connectivity index (χ1n) is 7.34. The van der Waals surface area contributed by atoms with Crippen LogP contribution < -0.4 is 5.32 Å². The van der Waals surface area contributed by atoms with E-state index < -0.39 is 11.5 Å². The average molecular weight is 282 g/mol. The van der Waals surface area contributed by atoms with E-state index >= 15 is 0 Å². The van der Waals surface area contributed by atoms with Gasteiger partial charge in [-0.05, 0) is 36.5 Å². The Bertz CT molecular complexity index is 430. The second kappa shape index (κ2) is 4.37. The molecule has 1 aliphatic heterocycles. The maximum atomic E-state index is 12.3. The fourth-order valence-corrected chi connectivity index (χ4v) is 3.64. The lowest BCUT2D eigenvalue weighted by Gasteiger charge is -2.31. The molecule has 114 valence electrons. The standard InChI is InChI=1S/C15H26N2O3/c1-13(2)10(14(13,3)4)9-16-12(20)17-8-6-7-15(17,5)11(18)19/h10H,6-9H2,1-5H3,(H,16,20)(H,18,19). The fourth-order valence-electron chi connectivity index (χ4n) is 3.64. The Labute approximate surface area is 120 Å². The molecule has 0 aromatic heterocycles. The number of aliphatic carboxylic acids is 1. The van der Waals surface area contributed by atoms with Crippen LogP contribution >= 0.6 is 0 Å². The summed E-state index contributed by atoms with van der Waals surface area (Å²) in [7, 11) is 0. The van der Waals surface area contributed by atoms with Crippen molar-refractivity contribution in [3.05, 3.63) is 0 Å². The van der Waals surface area contributed by atoms with Crippen molar-refractivity contribution >= 4 is 12.0 Å². The first kappa shape index (κ1) is 15.1. The number of carboxylic acids is 1. The van der Waals surface area contributed by atoms with Gasteiger partial charge < -0.3 is 15.3 Å². The average Bonchev–Trinajstić information content (AvgIpc) is 2.66. The van der Waals surface area contributed by atoms with E-state index in [1.54, 1.807) is 6.92 Å². The predicted octanol–water partition coefficient (Wildman–Crippen LogP) is 2.32. The highest BCUT2D eigenvalue weighted by atomic mass is 16.4. The molecular formula is C15H26N2O3. The maximum absolute atomic E-state index is 12.3. The van der Waals surface area contributed by atoms with Crippen LogP contribution in [-0.4, -0.2) is 40.6 Å². The first-order valence-corrected chi connectivity index (χ1v) is 7.34. The number of carbonyl (C=O) groups is 2. The molecule has 1 saturated heterocycles. The summed E-state index contributed by atoms with van der Waals surface area (Å²) in [5.74, 6) is -0.477. The van der Waals surface area contributed by atoms with Crippen molar-refractivity contribution in [1.29, 1.82) is 0 Å². The van der Waals surface area contributed by atoms with E-state index in [-0.39, 0.29) is 16.9 Å². The van der Waals surface area contributed by atoms with Crippen LogP contribution in [-0.2, 0) is 4.79 Å². The van der Waals surface area contributed by atoms with Crippen LogP contribution in [0.15, 0.2) is 0 Å². The number of carbonyl (C=O) groups excluding carboxylic acids is 1. The lowest BCUT2D eigenvalue weighted by Crippen LogP contribution is -2.54. The smallest absolute Gasteiger partial charge is 0.329 e. The van der Waals surface area contributed by atoms with Crippen molar-refractivity contribution < 1.29 is 14.7 Å². The Morgan fingerprint density at radius 1 is 1.20 bits per heavy atom. The summed E-state index contributed by atoms with van der Waals surface area (Å²) in [5.41, 5.74) is -0.610. The van der Waals surface area contributed by atoms with Crippen LogP contribution in [0.1, 0.15) is 47.5 Å². The third kappa shape index (κ3) is 1.98. The van der Waals surface area contributed by atoms with Gasteiger partial charge in [0, 0.05) is 13.1 Å². The number of amides is 2. The largest absolute Gasteiger partial charge is 0.480 e. The van der Waals surface area contributed by atoms with Crippen molar-refractivity contribution in [3.8, 4) is 0 Å². The molecule has 0 bridgehead atoms. The highest BCUT2D eigenvalue weighted by Gasteiger charge is 2.64. The number of nitrogens with one attached hydrogen (secondary N) is 1. The molecule has 5 heteroatoms. The number of urea groups is 1. The van der Waals surface area contributed by atoms with E-state index in [1.807, 2.05) is 0 Å². The molecule has 1 saturated carbocycles. The van der Waals surface area contributed by atoms with Crippen LogP contribution in [0, 0.1) is 16.7 Å². The summed E-state index contributed by atoms with van der Waals surface area (Å²) >= 11 is 0. The van der Waals surface area contributed by atoms with Gasteiger partial charge in [-0.25, -0.2) is 9.59 Å². The minimum atomic E-state index is -1.06. The Balaban J connectivity index is 1.95. The van der Waals surface area contributed by atoms with Crippen molar-refractivity contribution in [2.45, 2.75) is 53.0 Å². The molecule has 2 aliphatic rings. The number of likely N-dealkylation sites (tertiary alicyclic amines) is 1. The minimum absolute atomic E-state index is 0.224. The van der Waals surface area contributed by atoms with Crippen molar-refractivity contribution in [2.24, 2.45) is 16.7 Å². The summed E-state index contributed by atoms with van der Waals surface area (Å²) in [5, 5.41) is 12.3. The van der Waals surface area contributed by atoms with E-state index in [1.165, 1.54) is 4.90 Å². The molecule has 1 unspecified atom stereocenters. The third-order valence-corrected chi connectivity index (χ3v) is 6.12. The summed E-state index contributed by atoms with van der Waals surface area (Å²) in [6, 6.07) is -0.245. The molecule has 1 heterocycles. The van der Waals surface area contributed by atoms with Gasteiger partial charge in [0.25, 0.3) is 0 Å². The fraction of sp³-hybridized carbons (Fsp3) is 0.867. The quantitative estimate of drug-likeness (QED) is 0.834. The van der Waals surface area contributed by atoms with E-state index in [4.69, 9.17) is 0 Å². The van der Waals surface area contributed by atoms with Gasteiger partial charge in [0.05, 0.1) is 0 Å². The van der Waals surface area contributed by atoms with Gasteiger partial charge in [0.2, 0.25) is 0 Å². The lowest BCUT2D eigenvalue weighted by molar-refractivity contribution is -0.147. The monoisotopic (exact) mass is 282 g/mol. The molecule has 2 N–H and O–H groups in total. The number of hydrogen-bond donors (Lipinski definition) is 2. The van der Waals surface area contributed by atoms with Gasteiger partial charge in [-0.2, -0.15) is 0 Å². The van der Waals surface area contributed by atoms with Gasteiger partial charge in [-0.3, -0.25) is 0 Å². The van der Waals surface area contributed by atoms with E-state index in [0.717, 1.165) is 6.42 Å². The van der Waals surface area contributed by atoms with Crippen LogP contribution in [0.2, 0.25) is 0 Å². The normalized spacial score (nSPS) is 31.1. The molecule has 1 aliphatic carbocycles. The van der Waals surface area contributed by atoms with Crippen LogP contribution in [0.4, 0.5) is 4.79 Å². The molecule has 0 aromatic rings. The molecule has 0 radical (unpaired) electrons. The maximum Gasteiger partial charge on any atom is 0.329 e. The number of carboxylic acid groups (broad SMARTS) is 1. The second-order valence-electron chi connectivity index (χ2n) is 7.52. The zero-order valence-corrected chi connectivity index (χ0v) is 13.1. The highest BCUT2D eigenvalue weighted by molar-refractivity contribution is 5.86. The Morgan fingerprint density at radius 2 is 1.75 bits per heavy atom. The summed E-state index contributed by atoms with van der Waals surface area (Å²) in [4.78, 5) is 25.1. The molecule has 0 aromatic carbocycles. The second-order valence-corrected chi connectivity index (χ2v) is 7.52. The van der Waals surface area contributed by atoms with Gasteiger partial charge in [0.15, 0.2) is 0 Å². The summed E-state index contributed by atoms with van der Waals surface area (Å²) in [6.07, 6.45) is 1.27. The molecular weight excluding hydrogens is 256 g/mol. The molecule has 20 heavy (non-hydrogen) atoms. The predicted molar refractivity (Wildman–Crippen MR) is 76.4 cm³/mol. The van der Waals surface area contributed by atoms with E-state index in [2.05, 4.69) is 33.0 Å². The number of nitrogens with zero attached hydrogens (tertiary/aromatic N) is 1. The topological polar surface area (TPSA) is 69.6 Å². The van der Waals surface area contributed by atoms with Gasteiger partial charge >= 0.3 is 12.0 Å². The molecule has 2 amide bonds. The zero-order valence-electron chi connectivity index (χ0n) is 13.1. The van der Waals surface area contributed by atoms with Crippen molar-refractivity contribution in [1.82, 2.24) is 10.2 Å². The third-order valence-electron chi connectivity index (χ3n) is 6.12. The van der Waals surface area contributed by atoms with Gasteiger partial charge in [-0.1, -0.05) is 27.7 Å². The minimum Gasteiger partial charge on any atom is -0.480 e. The molecule has 1 atom stereocenters. The number of hydrogen-bond acceptors (Lipinski definition) is 2. The summed E-state index contributed by atoms with van der Waals surface area (Å²) in [6.45, 7) is 11.6. The Morgan fingerprint density at radius 3 is 2.20 bits per heavy atom. The summed E-state index contributed by atoms with van der Waals surface area (Å²) < 4.78 is 0. The van der Waals surface area contributed by atoms with Crippen molar-refractivity contribution in [3.63, 3.8) is 0 Å². The Kier molecular flexibility index (Phi) is 3.30. The molecule has 2 fully saturated rings. The zero-order chi connectivity index (χ0) is 15.3. The van der Waals surface area contributed by atoms with E-state index in [0.29, 0.717) is 25.4 Å². The first-order chi connectivity index (χ1) is 9.05. The molecule has 2 rings (SSSR count). The SMILES string of the molecule is CC1(C(=O)O)CCCN1C(=O)NCC1C(C)(C)C1(C)C. The van der Waals surface area contributed by atoms with Crippen LogP contribution in [0.5, 0.6) is 0 Å². The molecule has 0 spiro atoms. The van der Waals surface area contributed by atoms with Crippen LogP contribution in [0.25, 0.3) is 0 Å². The van der Waals surface area contributed by atoms with Gasteiger partial charge in [0.1, 0.15) is 5.54 Å². The van der Waals surface area contributed by atoms with E-state index in [9.17, 15) is 14.7 Å². The van der Waals surface area contributed by atoms with Gasteiger partial charge in [-0.15, -0.1) is 0 Å². The van der Waals surface area contributed by atoms with Crippen LogP contribution in [0.3, 0.4) is 0 Å².